The summed E-state index contributed by atoms with van der Waals surface area (Å²) in [4.78, 5) is 2.36. The van der Waals surface area contributed by atoms with Crippen LogP contribution in [-0.2, 0) is 0 Å². The molecule has 3 nitrogen and oxygen atoms in total. The lowest BCUT2D eigenvalue weighted by Gasteiger charge is -2.26. The molecule has 286 valence electrons. The van der Waals surface area contributed by atoms with Gasteiger partial charge in [0.05, 0.1) is 22.1 Å². The molecular weight excluding hydrogens is 739 g/mol. The van der Waals surface area contributed by atoms with Gasteiger partial charge in [-0.3, -0.25) is 0 Å². The van der Waals surface area contributed by atoms with Crippen molar-refractivity contribution in [2.24, 2.45) is 0 Å². The Morgan fingerprint density at radius 1 is 0.279 bits per heavy atom. The molecule has 12 rings (SSSR count). The SMILES string of the molecule is c1ccc(-c2ccc(N(c3ccc(-n4c5ccccc5c5c(-c6ccc7c8ccccc8n(-c8ccccc8)c7c6)cccc54)cc3)c3ccc4ccccc4c3)cc2)cc1. The standard InChI is InChI=1S/C58H39N3/c1-3-14-40(15-4-1)42-26-30-46(31-27-42)59(49-32-28-41-16-7-8-17-43(41)38-49)47-33-35-48(36-34-47)60-55-24-12-10-21-53(55)58-50(22-13-25-56(58)60)44-29-37-52-51-20-9-11-23-54(51)61(57(52)39-44)45-18-5-2-6-19-45/h1-39H. The van der Waals surface area contributed by atoms with Crippen LogP contribution in [0.1, 0.15) is 0 Å². The maximum Gasteiger partial charge on any atom is 0.0547 e. The van der Waals surface area contributed by atoms with E-state index in [1.165, 1.54) is 76.6 Å². The topological polar surface area (TPSA) is 13.1 Å². The molecule has 0 spiro atoms. The molecule has 0 amide bonds. The zero-order chi connectivity index (χ0) is 40.3. The number of fused-ring (bicyclic) bond motifs is 7. The van der Waals surface area contributed by atoms with Crippen LogP contribution >= 0.6 is 0 Å². The summed E-state index contributed by atoms with van der Waals surface area (Å²) in [7, 11) is 0. The highest BCUT2D eigenvalue weighted by molar-refractivity contribution is 6.17. The third-order valence-corrected chi connectivity index (χ3v) is 12.3. The molecule has 2 aromatic heterocycles. The highest BCUT2D eigenvalue weighted by atomic mass is 15.1. The molecule has 0 saturated heterocycles. The summed E-state index contributed by atoms with van der Waals surface area (Å²) < 4.78 is 4.82. The lowest BCUT2D eigenvalue weighted by Crippen LogP contribution is -2.10. The number of anilines is 3. The van der Waals surface area contributed by atoms with Crippen LogP contribution in [0, 0.1) is 0 Å². The van der Waals surface area contributed by atoms with Gasteiger partial charge in [-0.05, 0) is 118 Å². The van der Waals surface area contributed by atoms with Gasteiger partial charge in [0.1, 0.15) is 0 Å². The molecule has 0 fully saturated rings. The number of para-hydroxylation sites is 3. The average Bonchev–Trinajstić information content (AvgIpc) is 3.85. The van der Waals surface area contributed by atoms with Gasteiger partial charge in [0.15, 0.2) is 0 Å². The molecule has 0 N–H and O–H groups in total. The minimum atomic E-state index is 1.09. The second kappa shape index (κ2) is 14.3. The minimum absolute atomic E-state index is 1.09. The normalized spacial score (nSPS) is 11.6. The number of benzene rings is 10. The first kappa shape index (κ1) is 34.9. The van der Waals surface area contributed by atoms with Gasteiger partial charge in [0.2, 0.25) is 0 Å². The van der Waals surface area contributed by atoms with Gasteiger partial charge >= 0.3 is 0 Å². The van der Waals surface area contributed by atoms with E-state index in [0.717, 1.165) is 28.4 Å². The second-order valence-electron chi connectivity index (χ2n) is 15.8. The zero-order valence-electron chi connectivity index (χ0n) is 33.4. The predicted molar refractivity (Wildman–Crippen MR) is 258 cm³/mol. The minimum Gasteiger partial charge on any atom is -0.310 e. The molecule has 0 saturated carbocycles. The first-order valence-corrected chi connectivity index (χ1v) is 20.9. The molecule has 0 aliphatic heterocycles. The van der Waals surface area contributed by atoms with E-state index in [1.54, 1.807) is 0 Å². The maximum atomic E-state index is 2.42. The summed E-state index contributed by atoms with van der Waals surface area (Å²) in [5.41, 5.74) is 15.2. The lowest BCUT2D eigenvalue weighted by molar-refractivity contribution is 1.17. The Hall–Kier alpha value is -8.14. The molecule has 2 heterocycles. The highest BCUT2D eigenvalue weighted by Crippen LogP contribution is 2.42. The van der Waals surface area contributed by atoms with Crippen LogP contribution in [0.15, 0.2) is 237 Å². The number of hydrogen-bond acceptors (Lipinski definition) is 1. The second-order valence-corrected chi connectivity index (χ2v) is 15.8. The number of rotatable bonds is 7. The first-order chi connectivity index (χ1) is 30.3. The number of nitrogens with zero attached hydrogens (tertiary/aromatic N) is 3. The largest absolute Gasteiger partial charge is 0.310 e. The van der Waals surface area contributed by atoms with Crippen molar-refractivity contribution in [1.82, 2.24) is 9.13 Å². The molecule has 0 radical (unpaired) electrons. The molecule has 0 unspecified atom stereocenters. The van der Waals surface area contributed by atoms with Crippen LogP contribution in [0.25, 0.3) is 88.0 Å². The summed E-state index contributed by atoms with van der Waals surface area (Å²) in [6.45, 7) is 0. The van der Waals surface area contributed by atoms with Gasteiger partial charge in [-0.1, -0.05) is 152 Å². The molecular formula is C58H39N3. The fourth-order valence-corrected chi connectivity index (χ4v) is 9.48. The van der Waals surface area contributed by atoms with Gasteiger partial charge < -0.3 is 14.0 Å². The van der Waals surface area contributed by atoms with Gasteiger partial charge in [-0.25, -0.2) is 0 Å². The number of hydrogen-bond donors (Lipinski definition) is 0. The van der Waals surface area contributed by atoms with Gasteiger partial charge in [-0.15, -0.1) is 0 Å². The Balaban J connectivity index is 0.993. The lowest BCUT2D eigenvalue weighted by atomic mass is 9.98. The Bertz CT molecular complexity index is 3560. The van der Waals surface area contributed by atoms with E-state index in [9.17, 15) is 0 Å². The van der Waals surface area contributed by atoms with Crippen LogP contribution in [0.4, 0.5) is 17.1 Å². The molecule has 12 aromatic rings. The van der Waals surface area contributed by atoms with E-state index >= 15 is 0 Å². The van der Waals surface area contributed by atoms with Crippen molar-refractivity contribution in [3.63, 3.8) is 0 Å². The summed E-state index contributed by atoms with van der Waals surface area (Å²) in [6.07, 6.45) is 0. The molecule has 61 heavy (non-hydrogen) atoms. The van der Waals surface area contributed by atoms with Crippen LogP contribution < -0.4 is 4.90 Å². The molecule has 0 aliphatic carbocycles. The van der Waals surface area contributed by atoms with Gasteiger partial charge in [0, 0.05) is 50.0 Å². The van der Waals surface area contributed by atoms with Crippen molar-refractivity contribution in [2.45, 2.75) is 0 Å². The maximum absolute atomic E-state index is 2.42. The predicted octanol–water partition coefficient (Wildman–Crippen LogP) is 15.8. The summed E-state index contributed by atoms with van der Waals surface area (Å²) in [5, 5.41) is 7.43. The van der Waals surface area contributed by atoms with Crippen molar-refractivity contribution in [3.05, 3.63) is 237 Å². The summed E-state index contributed by atoms with van der Waals surface area (Å²) in [6, 6.07) is 85.9. The van der Waals surface area contributed by atoms with E-state index in [2.05, 4.69) is 251 Å². The van der Waals surface area contributed by atoms with E-state index in [0.29, 0.717) is 0 Å². The quantitative estimate of drug-likeness (QED) is 0.157. The van der Waals surface area contributed by atoms with E-state index < -0.39 is 0 Å². The van der Waals surface area contributed by atoms with Crippen molar-refractivity contribution < 1.29 is 0 Å². The third kappa shape index (κ3) is 5.82. The van der Waals surface area contributed by atoms with E-state index in [4.69, 9.17) is 0 Å². The van der Waals surface area contributed by atoms with Crippen LogP contribution in [0.2, 0.25) is 0 Å². The van der Waals surface area contributed by atoms with Crippen molar-refractivity contribution in [1.29, 1.82) is 0 Å². The van der Waals surface area contributed by atoms with Crippen LogP contribution in [0.3, 0.4) is 0 Å². The Kier molecular flexibility index (Phi) is 8.17. The van der Waals surface area contributed by atoms with Gasteiger partial charge in [0.25, 0.3) is 0 Å². The number of aromatic nitrogens is 2. The molecule has 0 bridgehead atoms. The fraction of sp³-hybridized carbons (Fsp3) is 0. The fourth-order valence-electron chi connectivity index (χ4n) is 9.48. The average molecular weight is 778 g/mol. The Morgan fingerprint density at radius 2 is 0.803 bits per heavy atom. The molecule has 0 atom stereocenters. The molecule has 0 aliphatic rings. The molecule has 10 aromatic carbocycles. The van der Waals surface area contributed by atoms with E-state index in [-0.39, 0.29) is 0 Å². The Labute approximate surface area is 354 Å². The van der Waals surface area contributed by atoms with Gasteiger partial charge in [-0.2, -0.15) is 0 Å². The van der Waals surface area contributed by atoms with Crippen LogP contribution in [-0.4, -0.2) is 9.13 Å². The van der Waals surface area contributed by atoms with E-state index in [1.807, 2.05) is 0 Å². The first-order valence-electron chi connectivity index (χ1n) is 20.9. The Morgan fingerprint density at radius 3 is 1.57 bits per heavy atom. The van der Waals surface area contributed by atoms with Crippen LogP contribution in [0.5, 0.6) is 0 Å². The summed E-state index contributed by atoms with van der Waals surface area (Å²) in [5.74, 6) is 0. The molecule has 3 heteroatoms. The van der Waals surface area contributed by atoms with Crippen molar-refractivity contribution >= 4 is 71.4 Å². The monoisotopic (exact) mass is 777 g/mol. The van der Waals surface area contributed by atoms with Crippen molar-refractivity contribution in [2.75, 3.05) is 4.90 Å². The van der Waals surface area contributed by atoms with Crippen molar-refractivity contribution in [3.8, 4) is 33.6 Å². The summed E-state index contributed by atoms with van der Waals surface area (Å²) >= 11 is 0. The smallest absolute Gasteiger partial charge is 0.0547 e. The third-order valence-electron chi connectivity index (χ3n) is 12.3. The zero-order valence-corrected chi connectivity index (χ0v) is 33.4. The highest BCUT2D eigenvalue weighted by Gasteiger charge is 2.20.